The van der Waals surface area contributed by atoms with Gasteiger partial charge >= 0.3 is 0 Å². The largest absolute Gasteiger partial charge is 0.326 e. The first-order valence-electron chi connectivity index (χ1n) is 7.94. The molecule has 0 fully saturated rings. The Morgan fingerprint density at radius 1 is 1.04 bits per heavy atom. The van der Waals surface area contributed by atoms with Gasteiger partial charge in [-0.1, -0.05) is 25.4 Å². The first-order chi connectivity index (χ1) is 11.9. The second kappa shape index (κ2) is 8.92. The maximum absolute atomic E-state index is 12.4. The van der Waals surface area contributed by atoms with Gasteiger partial charge in [-0.2, -0.15) is 0 Å². The third-order valence-corrected chi connectivity index (χ3v) is 4.49. The number of halogens is 1. The third-order valence-electron chi connectivity index (χ3n) is 3.44. The van der Waals surface area contributed by atoms with Gasteiger partial charge in [-0.05, 0) is 54.6 Å². The monoisotopic (exact) mass is 376 g/mol. The van der Waals surface area contributed by atoms with Crippen LogP contribution in [0, 0.1) is 5.92 Å². The van der Waals surface area contributed by atoms with E-state index in [1.54, 1.807) is 48.2 Å². The highest BCUT2D eigenvalue weighted by Crippen LogP contribution is 2.24. The first-order valence-corrected chi connectivity index (χ1v) is 9.54. The smallest absolute Gasteiger partial charge is 0.257 e. The van der Waals surface area contributed by atoms with Gasteiger partial charge in [0.25, 0.3) is 5.91 Å². The number of nitrogens with one attached hydrogen (secondary N) is 2. The molecule has 0 atom stereocenters. The lowest BCUT2D eigenvalue weighted by Gasteiger charge is -2.10. The zero-order valence-corrected chi connectivity index (χ0v) is 16.0. The molecule has 2 aromatic rings. The second-order valence-corrected chi connectivity index (χ2v) is 7.31. The van der Waals surface area contributed by atoms with Crippen LogP contribution in [0.5, 0.6) is 0 Å². The van der Waals surface area contributed by atoms with Crippen LogP contribution in [-0.2, 0) is 4.79 Å². The number of carbonyl (C=O) groups is 2. The highest BCUT2D eigenvalue weighted by molar-refractivity contribution is 7.98. The SMILES string of the molecule is CSc1ccc(Cl)c(C(=O)Nc2ccc(NC(=O)CC(C)C)cc2)c1. The first kappa shape index (κ1) is 19.3. The van der Waals surface area contributed by atoms with Crippen molar-refractivity contribution in [3.8, 4) is 0 Å². The predicted molar refractivity (Wildman–Crippen MR) is 106 cm³/mol. The minimum atomic E-state index is -0.266. The van der Waals surface area contributed by atoms with Crippen molar-refractivity contribution in [3.05, 3.63) is 53.1 Å². The molecule has 132 valence electrons. The number of rotatable bonds is 6. The van der Waals surface area contributed by atoms with Crippen LogP contribution in [0.3, 0.4) is 0 Å². The summed E-state index contributed by atoms with van der Waals surface area (Å²) in [6.07, 6.45) is 2.42. The van der Waals surface area contributed by atoms with E-state index in [4.69, 9.17) is 11.6 Å². The van der Waals surface area contributed by atoms with E-state index in [0.717, 1.165) is 4.90 Å². The molecular weight excluding hydrogens is 356 g/mol. The van der Waals surface area contributed by atoms with Crippen LogP contribution in [0.1, 0.15) is 30.6 Å². The van der Waals surface area contributed by atoms with E-state index >= 15 is 0 Å². The fraction of sp³-hybridized carbons (Fsp3) is 0.263. The summed E-state index contributed by atoms with van der Waals surface area (Å²) in [5.41, 5.74) is 1.77. The van der Waals surface area contributed by atoms with Gasteiger partial charge in [0.05, 0.1) is 10.6 Å². The Balaban J connectivity index is 2.03. The molecule has 0 saturated heterocycles. The van der Waals surface area contributed by atoms with Gasteiger partial charge in [-0.15, -0.1) is 11.8 Å². The quantitative estimate of drug-likeness (QED) is 0.672. The Labute approximate surface area is 157 Å². The van der Waals surface area contributed by atoms with Crippen molar-refractivity contribution in [1.82, 2.24) is 0 Å². The summed E-state index contributed by atoms with van der Waals surface area (Å²) in [4.78, 5) is 25.2. The van der Waals surface area contributed by atoms with Gasteiger partial charge in [0.2, 0.25) is 5.91 Å². The highest BCUT2D eigenvalue weighted by atomic mass is 35.5. The number of hydrogen-bond acceptors (Lipinski definition) is 3. The molecule has 0 spiro atoms. The van der Waals surface area contributed by atoms with Crippen LogP contribution in [0.15, 0.2) is 47.4 Å². The normalized spacial score (nSPS) is 10.6. The molecular formula is C19H21ClN2O2S. The lowest BCUT2D eigenvalue weighted by molar-refractivity contribution is -0.116. The number of anilines is 2. The van der Waals surface area contributed by atoms with Crippen LogP contribution in [0.25, 0.3) is 0 Å². The number of hydrogen-bond donors (Lipinski definition) is 2. The molecule has 0 saturated carbocycles. The standard InChI is InChI=1S/C19H21ClN2O2S/c1-12(2)10-18(23)21-13-4-6-14(7-5-13)22-19(24)16-11-15(25-3)8-9-17(16)20/h4-9,11-12H,10H2,1-3H3,(H,21,23)(H,22,24). The Hall–Kier alpha value is -1.98. The highest BCUT2D eigenvalue weighted by Gasteiger charge is 2.12. The van der Waals surface area contributed by atoms with Crippen molar-refractivity contribution in [2.45, 2.75) is 25.2 Å². The Morgan fingerprint density at radius 2 is 1.64 bits per heavy atom. The minimum Gasteiger partial charge on any atom is -0.326 e. The maximum atomic E-state index is 12.4. The summed E-state index contributed by atoms with van der Waals surface area (Å²) in [5, 5.41) is 6.06. The average Bonchev–Trinajstić information content (AvgIpc) is 2.56. The van der Waals surface area contributed by atoms with Crippen LogP contribution >= 0.6 is 23.4 Å². The van der Waals surface area contributed by atoms with E-state index < -0.39 is 0 Å². The van der Waals surface area contributed by atoms with Crippen LogP contribution in [0.4, 0.5) is 11.4 Å². The summed E-state index contributed by atoms with van der Waals surface area (Å²) < 4.78 is 0. The van der Waals surface area contributed by atoms with E-state index in [-0.39, 0.29) is 11.8 Å². The number of thioether (sulfide) groups is 1. The van der Waals surface area contributed by atoms with Crippen molar-refractivity contribution >= 4 is 46.6 Å². The molecule has 4 nitrogen and oxygen atoms in total. The molecule has 0 aliphatic heterocycles. The Morgan fingerprint density at radius 3 is 2.20 bits per heavy atom. The maximum Gasteiger partial charge on any atom is 0.257 e. The van der Waals surface area contributed by atoms with Crippen molar-refractivity contribution in [2.24, 2.45) is 5.92 Å². The number of benzene rings is 2. The summed E-state index contributed by atoms with van der Waals surface area (Å²) in [5.74, 6) is 0.0188. The second-order valence-electron chi connectivity index (χ2n) is 6.02. The molecule has 0 bridgehead atoms. The molecule has 6 heteroatoms. The van der Waals surface area contributed by atoms with Crippen molar-refractivity contribution < 1.29 is 9.59 Å². The average molecular weight is 377 g/mol. The van der Waals surface area contributed by atoms with Gasteiger partial charge in [0, 0.05) is 22.7 Å². The van der Waals surface area contributed by atoms with Crippen molar-refractivity contribution in [2.75, 3.05) is 16.9 Å². The molecule has 0 aliphatic rings. The van der Waals surface area contributed by atoms with Gasteiger partial charge in [0.1, 0.15) is 0 Å². The molecule has 0 aromatic heterocycles. The molecule has 0 unspecified atom stereocenters. The topological polar surface area (TPSA) is 58.2 Å². The summed E-state index contributed by atoms with van der Waals surface area (Å²) >= 11 is 7.67. The van der Waals surface area contributed by atoms with Crippen LogP contribution < -0.4 is 10.6 Å². The van der Waals surface area contributed by atoms with Gasteiger partial charge < -0.3 is 10.6 Å². The minimum absolute atomic E-state index is 0.0209. The number of amides is 2. The molecule has 2 N–H and O–H groups in total. The Bertz CT molecular complexity index is 761. The van der Waals surface area contributed by atoms with E-state index in [1.165, 1.54) is 0 Å². The molecule has 0 aliphatic carbocycles. The van der Waals surface area contributed by atoms with E-state index in [2.05, 4.69) is 10.6 Å². The Kier molecular flexibility index (Phi) is 6.91. The van der Waals surface area contributed by atoms with Gasteiger partial charge in [-0.25, -0.2) is 0 Å². The zero-order valence-electron chi connectivity index (χ0n) is 14.4. The summed E-state index contributed by atoms with van der Waals surface area (Å²) in [6, 6.07) is 12.4. The fourth-order valence-corrected chi connectivity index (χ4v) is 2.87. The molecule has 0 heterocycles. The van der Waals surface area contributed by atoms with Gasteiger partial charge in [-0.3, -0.25) is 9.59 Å². The summed E-state index contributed by atoms with van der Waals surface area (Å²) in [6.45, 7) is 3.99. The fourth-order valence-electron chi connectivity index (χ4n) is 2.22. The lowest BCUT2D eigenvalue weighted by atomic mass is 10.1. The van der Waals surface area contributed by atoms with Gasteiger partial charge in [0.15, 0.2) is 0 Å². The van der Waals surface area contributed by atoms with Crippen LogP contribution in [-0.4, -0.2) is 18.1 Å². The molecule has 2 rings (SSSR count). The van der Waals surface area contributed by atoms with E-state index in [1.807, 2.05) is 26.2 Å². The summed E-state index contributed by atoms with van der Waals surface area (Å²) in [7, 11) is 0. The third kappa shape index (κ3) is 5.80. The molecule has 2 amide bonds. The van der Waals surface area contributed by atoms with Crippen molar-refractivity contribution in [1.29, 1.82) is 0 Å². The van der Waals surface area contributed by atoms with Crippen molar-refractivity contribution in [3.63, 3.8) is 0 Å². The van der Waals surface area contributed by atoms with Crippen LogP contribution in [0.2, 0.25) is 5.02 Å². The predicted octanol–water partition coefficient (Wildman–Crippen LogP) is 5.30. The zero-order chi connectivity index (χ0) is 18.4. The molecule has 25 heavy (non-hydrogen) atoms. The van der Waals surface area contributed by atoms with E-state index in [9.17, 15) is 9.59 Å². The molecule has 2 aromatic carbocycles. The van der Waals surface area contributed by atoms with E-state index in [0.29, 0.717) is 34.3 Å². The molecule has 0 radical (unpaired) electrons. The lowest BCUT2D eigenvalue weighted by Crippen LogP contribution is -2.14. The number of carbonyl (C=O) groups excluding carboxylic acids is 2.